The third-order valence-electron chi connectivity index (χ3n) is 2.75. The van der Waals surface area contributed by atoms with Gasteiger partial charge in [0.15, 0.2) is 0 Å². The molecule has 0 aromatic carbocycles. The number of nitrogens with zero attached hydrogens (tertiary/aromatic N) is 1. The smallest absolute Gasteiger partial charge is 0.208 e. The lowest BCUT2D eigenvalue weighted by molar-refractivity contribution is 0.315. The molecule has 1 aliphatic carbocycles. The predicted molar refractivity (Wildman–Crippen MR) is 60.6 cm³/mol. The Kier molecular flexibility index (Phi) is 4.44. The highest BCUT2D eigenvalue weighted by atomic mass is 16.5. The molecule has 0 N–H and O–H groups in total. The van der Waals surface area contributed by atoms with Crippen molar-refractivity contribution >= 4 is 5.90 Å². The number of methoxy groups -OCH3 is 1. The first-order valence-electron chi connectivity index (χ1n) is 5.14. The van der Waals surface area contributed by atoms with Gasteiger partial charge >= 0.3 is 0 Å². The summed E-state index contributed by atoms with van der Waals surface area (Å²) in [5.41, 5.74) is 1.23. The number of rotatable bonds is 4. The van der Waals surface area contributed by atoms with E-state index in [1.54, 1.807) is 14.2 Å². The number of aliphatic imine (C=N–C) groups is 1. The van der Waals surface area contributed by atoms with Gasteiger partial charge in [-0.05, 0) is 17.9 Å². The van der Waals surface area contributed by atoms with Crippen LogP contribution in [0, 0.1) is 5.92 Å². The lowest BCUT2D eigenvalue weighted by Crippen LogP contribution is -2.11. The third-order valence-corrected chi connectivity index (χ3v) is 2.75. The van der Waals surface area contributed by atoms with Crippen LogP contribution in [0.1, 0.15) is 25.7 Å². The molecule has 0 aromatic rings. The molecule has 1 saturated carbocycles. The Morgan fingerprint density at radius 2 is 2.29 bits per heavy atom. The minimum Gasteiger partial charge on any atom is -0.481 e. The highest BCUT2D eigenvalue weighted by Crippen LogP contribution is 2.32. The van der Waals surface area contributed by atoms with Crippen LogP contribution in [0.3, 0.4) is 0 Å². The highest BCUT2D eigenvalue weighted by molar-refractivity contribution is 5.88. The number of ether oxygens (including phenoxy) is 1. The highest BCUT2D eigenvalue weighted by Gasteiger charge is 2.17. The van der Waals surface area contributed by atoms with Crippen molar-refractivity contribution in [2.45, 2.75) is 25.7 Å². The van der Waals surface area contributed by atoms with Gasteiger partial charge in [0.25, 0.3) is 0 Å². The van der Waals surface area contributed by atoms with Gasteiger partial charge in [0.05, 0.1) is 7.11 Å². The Bertz CT molecular complexity index is 249. The SMILES string of the molecule is C=C/C(=C\C(=NC)OC)CC1CCC1. The molecule has 1 aliphatic rings. The molecule has 14 heavy (non-hydrogen) atoms. The van der Waals surface area contributed by atoms with Crippen molar-refractivity contribution in [2.24, 2.45) is 10.9 Å². The van der Waals surface area contributed by atoms with E-state index in [1.165, 1.54) is 24.8 Å². The molecule has 0 aromatic heterocycles. The molecular weight excluding hydrogens is 174 g/mol. The summed E-state index contributed by atoms with van der Waals surface area (Å²) in [5, 5.41) is 0. The van der Waals surface area contributed by atoms with Crippen LogP contribution in [-0.4, -0.2) is 20.1 Å². The molecule has 0 saturated heterocycles. The van der Waals surface area contributed by atoms with Crippen molar-refractivity contribution in [3.8, 4) is 0 Å². The topological polar surface area (TPSA) is 21.6 Å². The molecule has 0 atom stereocenters. The fourth-order valence-electron chi connectivity index (χ4n) is 1.60. The normalized spacial score (nSPS) is 19.0. The van der Waals surface area contributed by atoms with Crippen molar-refractivity contribution < 1.29 is 4.74 Å². The second-order valence-corrected chi connectivity index (χ2v) is 3.69. The minimum absolute atomic E-state index is 0.680. The van der Waals surface area contributed by atoms with Crippen LogP contribution >= 0.6 is 0 Å². The zero-order valence-electron chi connectivity index (χ0n) is 9.12. The quantitative estimate of drug-likeness (QED) is 0.382. The van der Waals surface area contributed by atoms with Gasteiger partial charge in [0.2, 0.25) is 5.90 Å². The molecule has 0 bridgehead atoms. The Hall–Kier alpha value is -1.05. The largest absolute Gasteiger partial charge is 0.481 e. The Labute approximate surface area is 86.4 Å². The maximum Gasteiger partial charge on any atom is 0.208 e. The van der Waals surface area contributed by atoms with Gasteiger partial charge in [0.1, 0.15) is 0 Å². The maximum absolute atomic E-state index is 5.09. The van der Waals surface area contributed by atoms with E-state index in [9.17, 15) is 0 Å². The molecule has 0 spiro atoms. The zero-order chi connectivity index (χ0) is 10.4. The van der Waals surface area contributed by atoms with Crippen LogP contribution in [0.5, 0.6) is 0 Å². The fraction of sp³-hybridized carbons (Fsp3) is 0.583. The summed E-state index contributed by atoms with van der Waals surface area (Å²) in [6.07, 6.45) is 9.10. The van der Waals surface area contributed by atoms with Gasteiger partial charge in [-0.25, -0.2) is 0 Å². The van der Waals surface area contributed by atoms with Crippen LogP contribution in [0.2, 0.25) is 0 Å². The van der Waals surface area contributed by atoms with Crippen molar-refractivity contribution in [2.75, 3.05) is 14.2 Å². The lowest BCUT2D eigenvalue weighted by Gasteiger charge is -2.25. The van der Waals surface area contributed by atoms with Crippen molar-refractivity contribution in [3.05, 3.63) is 24.3 Å². The van der Waals surface area contributed by atoms with Gasteiger partial charge in [-0.1, -0.05) is 31.9 Å². The average Bonchev–Trinajstić information content (AvgIpc) is 2.16. The van der Waals surface area contributed by atoms with E-state index in [2.05, 4.69) is 11.6 Å². The molecule has 0 unspecified atom stereocenters. The van der Waals surface area contributed by atoms with Crippen molar-refractivity contribution in [1.29, 1.82) is 0 Å². The second-order valence-electron chi connectivity index (χ2n) is 3.69. The van der Waals surface area contributed by atoms with E-state index in [0.717, 1.165) is 12.3 Å². The van der Waals surface area contributed by atoms with Crippen LogP contribution in [0.25, 0.3) is 0 Å². The van der Waals surface area contributed by atoms with Crippen molar-refractivity contribution in [3.63, 3.8) is 0 Å². The molecule has 2 heteroatoms. The summed E-state index contributed by atoms with van der Waals surface area (Å²) < 4.78 is 5.09. The zero-order valence-corrected chi connectivity index (χ0v) is 9.12. The van der Waals surface area contributed by atoms with E-state index in [4.69, 9.17) is 4.74 Å². The summed E-state index contributed by atoms with van der Waals surface area (Å²) in [7, 11) is 3.38. The van der Waals surface area contributed by atoms with E-state index in [0.29, 0.717) is 5.90 Å². The van der Waals surface area contributed by atoms with Crippen molar-refractivity contribution in [1.82, 2.24) is 0 Å². The Morgan fingerprint density at radius 1 is 1.57 bits per heavy atom. The third kappa shape index (κ3) is 3.02. The molecule has 0 heterocycles. The van der Waals surface area contributed by atoms with Gasteiger partial charge in [-0.15, -0.1) is 0 Å². The van der Waals surface area contributed by atoms with E-state index in [1.807, 2.05) is 12.2 Å². The van der Waals surface area contributed by atoms with E-state index >= 15 is 0 Å². The summed E-state index contributed by atoms with van der Waals surface area (Å²) in [6, 6.07) is 0. The summed E-state index contributed by atoms with van der Waals surface area (Å²) in [5.74, 6) is 1.54. The Morgan fingerprint density at radius 3 is 2.64 bits per heavy atom. The van der Waals surface area contributed by atoms with Gasteiger partial charge in [0, 0.05) is 13.1 Å². The molecule has 1 rings (SSSR count). The minimum atomic E-state index is 0.680. The van der Waals surface area contributed by atoms with Crippen LogP contribution in [-0.2, 0) is 4.74 Å². The van der Waals surface area contributed by atoms with Gasteiger partial charge in [-0.2, -0.15) is 0 Å². The van der Waals surface area contributed by atoms with Crippen LogP contribution < -0.4 is 0 Å². The summed E-state index contributed by atoms with van der Waals surface area (Å²) in [6.45, 7) is 3.82. The first kappa shape index (κ1) is 11.0. The number of allylic oxidation sites excluding steroid dienone is 2. The van der Waals surface area contributed by atoms with Crippen LogP contribution in [0.4, 0.5) is 0 Å². The molecular formula is C12H19NO. The van der Waals surface area contributed by atoms with E-state index < -0.39 is 0 Å². The van der Waals surface area contributed by atoms with Gasteiger partial charge < -0.3 is 4.74 Å². The molecule has 0 radical (unpaired) electrons. The molecule has 0 aliphatic heterocycles. The lowest BCUT2D eigenvalue weighted by atomic mass is 9.81. The fourth-order valence-corrected chi connectivity index (χ4v) is 1.60. The summed E-state index contributed by atoms with van der Waals surface area (Å²) in [4.78, 5) is 4.02. The summed E-state index contributed by atoms with van der Waals surface area (Å²) >= 11 is 0. The number of hydrogen-bond acceptors (Lipinski definition) is 2. The van der Waals surface area contributed by atoms with E-state index in [-0.39, 0.29) is 0 Å². The predicted octanol–water partition coefficient (Wildman–Crippen LogP) is 2.96. The number of hydrogen-bond donors (Lipinski definition) is 0. The Balaban J connectivity index is 2.54. The molecule has 2 nitrogen and oxygen atoms in total. The first-order valence-corrected chi connectivity index (χ1v) is 5.14. The monoisotopic (exact) mass is 193 g/mol. The average molecular weight is 193 g/mol. The first-order chi connectivity index (χ1) is 6.80. The molecule has 78 valence electrons. The standard InChI is InChI=1S/C12H19NO/c1-4-10(8-11-6-5-7-11)9-12(13-2)14-3/h4,9,11H,1,5-8H2,2-3H3/b10-9+,13-12?. The maximum atomic E-state index is 5.09. The molecule has 0 amide bonds. The van der Waals surface area contributed by atoms with Gasteiger partial charge in [-0.3, -0.25) is 4.99 Å². The second kappa shape index (κ2) is 5.63. The molecule has 1 fully saturated rings. The van der Waals surface area contributed by atoms with Crippen LogP contribution in [0.15, 0.2) is 29.3 Å².